The molecule has 0 spiro atoms. The van der Waals surface area contributed by atoms with Crippen LogP contribution in [0.1, 0.15) is 56.1 Å². The lowest BCUT2D eigenvalue weighted by Crippen LogP contribution is -2.43. The predicted molar refractivity (Wildman–Crippen MR) is 131 cm³/mol. The maximum absolute atomic E-state index is 14.5. The standard InChI is InChI=1S/C25H21ClF7N3O3S/c1-11-7-12(8-15(26)18(11)27)23(25(31,32)33)9-17(35-39-23)19-13-3-2-4-14(13)20(40-19)21(37)34-16-5-6-36(22(16)38)10-24(28,29)30/h7-8,16H,2-6,9-10H2,1H3,(H,34,37). The van der Waals surface area contributed by atoms with Gasteiger partial charge in [0, 0.05) is 12.1 Å². The van der Waals surface area contributed by atoms with Crippen molar-refractivity contribution >= 4 is 40.5 Å². The summed E-state index contributed by atoms with van der Waals surface area (Å²) in [6, 6.07) is 0.716. The molecule has 15 heteroatoms. The second kappa shape index (κ2) is 9.89. The van der Waals surface area contributed by atoms with Gasteiger partial charge in [-0.15, -0.1) is 11.3 Å². The Kier molecular flexibility index (Phi) is 7.09. The molecule has 5 rings (SSSR count). The Hall–Kier alpha value is -2.87. The average molecular weight is 612 g/mol. The quantitative estimate of drug-likeness (QED) is 0.434. The SMILES string of the molecule is Cc1cc(C2(C(F)(F)F)CC(c3sc(C(=O)NC4CCN(CC(F)(F)F)C4=O)c4c3CCC4)=NO2)cc(Cl)c1F. The smallest absolute Gasteiger partial charge is 0.374 e. The summed E-state index contributed by atoms with van der Waals surface area (Å²) in [4.78, 5) is 31.7. The minimum atomic E-state index is -4.96. The van der Waals surface area contributed by atoms with E-state index >= 15 is 0 Å². The van der Waals surface area contributed by atoms with E-state index in [-0.39, 0.29) is 29.1 Å². The molecule has 0 radical (unpaired) electrons. The molecule has 6 nitrogen and oxygen atoms in total. The van der Waals surface area contributed by atoms with Crippen LogP contribution in [0.3, 0.4) is 0 Å². The highest BCUT2D eigenvalue weighted by Crippen LogP contribution is 2.51. The number of carbonyl (C=O) groups is 2. The van der Waals surface area contributed by atoms with Crippen LogP contribution in [-0.2, 0) is 28.1 Å². The number of hydrogen-bond acceptors (Lipinski definition) is 5. The fourth-order valence-corrected chi connectivity index (χ4v) is 6.89. The van der Waals surface area contributed by atoms with Crippen molar-refractivity contribution in [3.63, 3.8) is 0 Å². The molecule has 2 aliphatic heterocycles. The van der Waals surface area contributed by atoms with Crippen LogP contribution < -0.4 is 5.32 Å². The lowest BCUT2D eigenvalue weighted by atomic mass is 9.86. The first-order chi connectivity index (χ1) is 18.6. The third kappa shape index (κ3) is 4.93. The summed E-state index contributed by atoms with van der Waals surface area (Å²) in [6.45, 7) is -0.312. The molecule has 1 saturated heterocycles. The molecule has 2 aromatic rings. The van der Waals surface area contributed by atoms with Crippen molar-refractivity contribution in [1.29, 1.82) is 0 Å². The van der Waals surface area contributed by atoms with Crippen molar-refractivity contribution in [1.82, 2.24) is 10.2 Å². The molecular formula is C25H21ClF7N3O3S. The molecule has 1 N–H and O–H groups in total. The summed E-state index contributed by atoms with van der Waals surface area (Å²) in [5.41, 5.74) is -2.26. The lowest BCUT2D eigenvalue weighted by Gasteiger charge is -2.30. The number of halogens is 8. The third-order valence-electron chi connectivity index (χ3n) is 7.27. The highest BCUT2D eigenvalue weighted by atomic mass is 35.5. The zero-order valence-corrected chi connectivity index (χ0v) is 22.3. The van der Waals surface area contributed by atoms with Gasteiger partial charge in [0.1, 0.15) is 24.1 Å². The molecule has 3 heterocycles. The first kappa shape index (κ1) is 28.7. The molecule has 2 unspecified atom stereocenters. The summed E-state index contributed by atoms with van der Waals surface area (Å²) in [5, 5.41) is 5.76. The van der Waals surface area contributed by atoms with Crippen molar-refractivity contribution in [2.24, 2.45) is 5.16 Å². The molecule has 1 aromatic heterocycles. The highest BCUT2D eigenvalue weighted by Gasteiger charge is 2.63. The number of nitrogens with one attached hydrogen (secondary N) is 1. The molecule has 1 fully saturated rings. The number of aryl methyl sites for hydroxylation is 1. The normalized spacial score (nSPS) is 22.9. The van der Waals surface area contributed by atoms with Gasteiger partial charge in [-0.3, -0.25) is 9.59 Å². The molecule has 3 aliphatic rings. The van der Waals surface area contributed by atoms with E-state index in [2.05, 4.69) is 10.5 Å². The maximum atomic E-state index is 14.5. The molecular weight excluding hydrogens is 591 g/mol. The number of nitrogens with zero attached hydrogens (tertiary/aromatic N) is 2. The number of fused-ring (bicyclic) bond motifs is 1. The Balaban J connectivity index is 1.41. The Morgan fingerprint density at radius 2 is 1.93 bits per heavy atom. The van der Waals surface area contributed by atoms with Crippen molar-refractivity contribution in [2.75, 3.05) is 13.1 Å². The van der Waals surface area contributed by atoms with Crippen LogP contribution in [0.5, 0.6) is 0 Å². The minimum Gasteiger partial charge on any atom is -0.374 e. The summed E-state index contributed by atoms with van der Waals surface area (Å²) in [7, 11) is 0. The largest absolute Gasteiger partial charge is 0.435 e. The molecule has 216 valence electrons. The molecule has 40 heavy (non-hydrogen) atoms. The van der Waals surface area contributed by atoms with Crippen LogP contribution >= 0.6 is 22.9 Å². The number of alkyl halides is 6. The topological polar surface area (TPSA) is 71.0 Å². The number of rotatable bonds is 5. The lowest BCUT2D eigenvalue weighted by molar-refractivity contribution is -0.275. The number of thiophene rings is 1. The van der Waals surface area contributed by atoms with Crippen molar-refractivity contribution in [3.05, 3.63) is 55.0 Å². The van der Waals surface area contributed by atoms with Crippen molar-refractivity contribution in [3.8, 4) is 0 Å². The van der Waals surface area contributed by atoms with Gasteiger partial charge in [-0.05, 0) is 61.4 Å². The summed E-state index contributed by atoms with van der Waals surface area (Å²) >= 11 is 6.74. The van der Waals surface area contributed by atoms with Crippen LogP contribution in [0.15, 0.2) is 17.3 Å². The van der Waals surface area contributed by atoms with Gasteiger partial charge in [0.15, 0.2) is 0 Å². The molecule has 1 aromatic carbocycles. The average Bonchev–Trinajstić information content (AvgIpc) is 3.62. The predicted octanol–water partition coefficient (Wildman–Crippen LogP) is 5.81. The third-order valence-corrected chi connectivity index (χ3v) is 8.87. The van der Waals surface area contributed by atoms with Gasteiger partial charge in [-0.25, -0.2) is 4.39 Å². The van der Waals surface area contributed by atoms with Gasteiger partial charge in [-0.1, -0.05) is 16.8 Å². The van der Waals surface area contributed by atoms with E-state index in [0.29, 0.717) is 40.2 Å². The van der Waals surface area contributed by atoms with Gasteiger partial charge in [0.2, 0.25) is 5.91 Å². The molecule has 2 atom stereocenters. The zero-order chi connectivity index (χ0) is 29.2. The number of hydrogen-bond donors (Lipinski definition) is 1. The summed E-state index contributed by atoms with van der Waals surface area (Å²) in [6.07, 6.45) is -8.74. The van der Waals surface area contributed by atoms with Gasteiger partial charge in [0.25, 0.3) is 11.5 Å². The molecule has 0 saturated carbocycles. The van der Waals surface area contributed by atoms with Gasteiger partial charge >= 0.3 is 12.4 Å². The van der Waals surface area contributed by atoms with E-state index < -0.39 is 65.2 Å². The number of oxime groups is 1. The van der Waals surface area contributed by atoms with E-state index in [0.717, 1.165) is 23.5 Å². The van der Waals surface area contributed by atoms with Crippen LogP contribution in [0.2, 0.25) is 5.02 Å². The zero-order valence-electron chi connectivity index (χ0n) is 20.7. The Morgan fingerprint density at radius 3 is 2.58 bits per heavy atom. The molecule has 0 bridgehead atoms. The van der Waals surface area contributed by atoms with Crippen LogP contribution in [-0.4, -0.2) is 53.9 Å². The Morgan fingerprint density at radius 1 is 1.23 bits per heavy atom. The Labute approximate surface area is 232 Å². The highest BCUT2D eigenvalue weighted by molar-refractivity contribution is 7.16. The van der Waals surface area contributed by atoms with Crippen LogP contribution in [0.4, 0.5) is 30.7 Å². The second-order valence-electron chi connectivity index (χ2n) is 9.98. The van der Waals surface area contributed by atoms with Gasteiger partial charge in [-0.2, -0.15) is 26.3 Å². The Bertz CT molecular complexity index is 1400. The fourth-order valence-electron chi connectivity index (χ4n) is 5.34. The number of amides is 2. The minimum absolute atomic E-state index is 0.00459. The number of carbonyl (C=O) groups excluding carboxylic acids is 2. The first-order valence-electron chi connectivity index (χ1n) is 12.2. The monoisotopic (exact) mass is 611 g/mol. The van der Waals surface area contributed by atoms with Crippen molar-refractivity contribution < 1.29 is 45.2 Å². The van der Waals surface area contributed by atoms with E-state index in [1.165, 1.54) is 6.92 Å². The van der Waals surface area contributed by atoms with E-state index in [4.69, 9.17) is 16.4 Å². The summed E-state index contributed by atoms with van der Waals surface area (Å²) in [5.74, 6) is -2.39. The van der Waals surface area contributed by atoms with E-state index in [9.17, 15) is 40.3 Å². The van der Waals surface area contributed by atoms with E-state index in [1.54, 1.807) is 0 Å². The number of benzene rings is 1. The maximum Gasteiger partial charge on any atom is 0.435 e. The second-order valence-corrected chi connectivity index (χ2v) is 11.4. The van der Waals surface area contributed by atoms with Crippen LogP contribution in [0.25, 0.3) is 0 Å². The van der Waals surface area contributed by atoms with E-state index in [1.807, 2.05) is 0 Å². The van der Waals surface area contributed by atoms with Crippen molar-refractivity contribution in [2.45, 2.75) is 63.0 Å². The molecule has 2 amide bonds. The number of likely N-dealkylation sites (tertiary alicyclic amines) is 1. The van der Waals surface area contributed by atoms with Gasteiger partial charge < -0.3 is 15.1 Å². The summed E-state index contributed by atoms with van der Waals surface area (Å²) < 4.78 is 95.6. The fraction of sp³-hybridized carbons (Fsp3) is 0.480. The van der Waals surface area contributed by atoms with Gasteiger partial charge in [0.05, 0.1) is 21.2 Å². The van der Waals surface area contributed by atoms with Crippen LogP contribution in [0, 0.1) is 12.7 Å². The molecule has 1 aliphatic carbocycles. The first-order valence-corrected chi connectivity index (χ1v) is 13.4.